The number of nitrogens with zero attached hydrogens (tertiary/aromatic N) is 2. The summed E-state index contributed by atoms with van der Waals surface area (Å²) in [5.41, 5.74) is -0.118. The number of rotatable bonds is 5. The highest BCUT2D eigenvalue weighted by Gasteiger charge is 2.39. The SMILES string of the molecule is COc1ccc(NC(=O)C2CC(=O)N(C3CCCC3)C2)c([N+](=O)[O-])c1. The second kappa shape index (κ2) is 7.08. The average Bonchev–Trinajstić information content (AvgIpc) is 3.24. The van der Waals surface area contributed by atoms with Gasteiger partial charge in [-0.15, -0.1) is 0 Å². The fourth-order valence-electron chi connectivity index (χ4n) is 3.61. The third-order valence-electron chi connectivity index (χ3n) is 4.95. The van der Waals surface area contributed by atoms with Crippen molar-refractivity contribution in [1.29, 1.82) is 0 Å². The summed E-state index contributed by atoms with van der Waals surface area (Å²) in [6.45, 7) is 0.388. The molecule has 0 radical (unpaired) electrons. The van der Waals surface area contributed by atoms with Crippen LogP contribution in [0.1, 0.15) is 32.1 Å². The summed E-state index contributed by atoms with van der Waals surface area (Å²) in [4.78, 5) is 37.2. The van der Waals surface area contributed by atoms with Crippen molar-refractivity contribution in [3.63, 3.8) is 0 Å². The topological polar surface area (TPSA) is 102 Å². The third-order valence-corrected chi connectivity index (χ3v) is 4.95. The van der Waals surface area contributed by atoms with Crippen molar-refractivity contribution in [2.24, 2.45) is 5.92 Å². The Balaban J connectivity index is 1.70. The van der Waals surface area contributed by atoms with Gasteiger partial charge in [-0.05, 0) is 25.0 Å². The molecule has 1 atom stereocenters. The van der Waals surface area contributed by atoms with Gasteiger partial charge in [0, 0.05) is 19.0 Å². The van der Waals surface area contributed by atoms with E-state index in [4.69, 9.17) is 4.74 Å². The van der Waals surface area contributed by atoms with Gasteiger partial charge in [0.2, 0.25) is 11.8 Å². The monoisotopic (exact) mass is 347 g/mol. The largest absolute Gasteiger partial charge is 0.496 e. The van der Waals surface area contributed by atoms with Crippen LogP contribution in [-0.2, 0) is 9.59 Å². The number of hydrogen-bond acceptors (Lipinski definition) is 5. The Morgan fingerprint density at radius 1 is 1.36 bits per heavy atom. The van der Waals surface area contributed by atoms with Crippen LogP contribution < -0.4 is 10.1 Å². The molecule has 25 heavy (non-hydrogen) atoms. The zero-order valence-electron chi connectivity index (χ0n) is 14.1. The standard InChI is InChI=1S/C17H21N3O5/c1-25-13-6-7-14(15(9-13)20(23)24)18-17(22)11-8-16(21)19(10-11)12-4-2-3-5-12/h6-7,9,11-12H,2-5,8,10H2,1H3,(H,18,22). The van der Waals surface area contributed by atoms with Crippen LogP contribution in [-0.4, -0.2) is 41.3 Å². The minimum atomic E-state index is -0.567. The molecule has 1 aliphatic carbocycles. The second-order valence-electron chi connectivity index (χ2n) is 6.51. The van der Waals surface area contributed by atoms with Crippen molar-refractivity contribution < 1.29 is 19.2 Å². The molecule has 0 aromatic heterocycles. The fourth-order valence-corrected chi connectivity index (χ4v) is 3.61. The molecule has 2 fully saturated rings. The summed E-state index contributed by atoms with van der Waals surface area (Å²) < 4.78 is 4.98. The molecule has 0 spiro atoms. The van der Waals surface area contributed by atoms with E-state index in [1.165, 1.54) is 19.2 Å². The zero-order chi connectivity index (χ0) is 18.0. The third kappa shape index (κ3) is 3.57. The number of carbonyl (C=O) groups excluding carboxylic acids is 2. The Morgan fingerprint density at radius 2 is 2.08 bits per heavy atom. The summed E-state index contributed by atoms with van der Waals surface area (Å²) in [6.07, 6.45) is 4.37. The molecule has 1 heterocycles. The van der Waals surface area contributed by atoms with E-state index in [9.17, 15) is 19.7 Å². The number of nitro groups is 1. The summed E-state index contributed by atoms with van der Waals surface area (Å²) >= 11 is 0. The average molecular weight is 347 g/mol. The molecule has 1 aromatic rings. The van der Waals surface area contributed by atoms with Gasteiger partial charge in [0.25, 0.3) is 5.69 Å². The normalized spacial score (nSPS) is 20.8. The first-order valence-electron chi connectivity index (χ1n) is 8.42. The first-order chi connectivity index (χ1) is 12.0. The maximum absolute atomic E-state index is 12.5. The van der Waals surface area contributed by atoms with Crippen LogP contribution in [0.4, 0.5) is 11.4 Å². The number of nitro benzene ring substituents is 1. The minimum absolute atomic E-state index is 0.00344. The van der Waals surface area contributed by atoms with E-state index < -0.39 is 10.8 Å². The number of likely N-dealkylation sites (tertiary alicyclic amines) is 1. The van der Waals surface area contributed by atoms with Gasteiger partial charge in [-0.2, -0.15) is 0 Å². The van der Waals surface area contributed by atoms with Gasteiger partial charge in [0.1, 0.15) is 11.4 Å². The molecule has 8 nitrogen and oxygen atoms in total. The molecular weight excluding hydrogens is 326 g/mol. The predicted molar refractivity (Wildman–Crippen MR) is 90.4 cm³/mol. The van der Waals surface area contributed by atoms with Crippen LogP contribution in [0.5, 0.6) is 5.75 Å². The van der Waals surface area contributed by atoms with Crippen molar-refractivity contribution in [3.05, 3.63) is 28.3 Å². The number of hydrogen-bond donors (Lipinski definition) is 1. The van der Waals surface area contributed by atoms with Crippen molar-refractivity contribution in [3.8, 4) is 5.75 Å². The van der Waals surface area contributed by atoms with Crippen molar-refractivity contribution in [2.45, 2.75) is 38.1 Å². The summed E-state index contributed by atoms with van der Waals surface area (Å²) in [7, 11) is 1.42. The van der Waals surface area contributed by atoms with Crippen LogP contribution >= 0.6 is 0 Å². The van der Waals surface area contributed by atoms with Crippen LogP contribution in [0.25, 0.3) is 0 Å². The first kappa shape index (κ1) is 17.2. The van der Waals surface area contributed by atoms with Gasteiger partial charge < -0.3 is 15.0 Å². The molecule has 2 aliphatic rings. The molecule has 1 saturated carbocycles. The number of nitrogens with one attached hydrogen (secondary N) is 1. The molecule has 1 aromatic carbocycles. The molecule has 8 heteroatoms. The number of benzene rings is 1. The van der Waals surface area contributed by atoms with Crippen LogP contribution in [0.2, 0.25) is 0 Å². The maximum Gasteiger partial charge on any atom is 0.296 e. The number of carbonyl (C=O) groups is 2. The molecule has 1 N–H and O–H groups in total. The number of anilines is 1. The highest BCUT2D eigenvalue weighted by atomic mass is 16.6. The van der Waals surface area contributed by atoms with Crippen LogP contribution in [0.15, 0.2) is 18.2 Å². The fraction of sp³-hybridized carbons (Fsp3) is 0.529. The summed E-state index contributed by atoms with van der Waals surface area (Å²) in [5.74, 6) is -0.499. The van der Waals surface area contributed by atoms with Crippen molar-refractivity contribution in [2.75, 3.05) is 19.0 Å². The van der Waals surface area contributed by atoms with Crippen molar-refractivity contribution >= 4 is 23.2 Å². The zero-order valence-corrected chi connectivity index (χ0v) is 14.1. The lowest BCUT2D eigenvalue weighted by molar-refractivity contribution is -0.384. The van der Waals surface area contributed by atoms with E-state index in [1.807, 2.05) is 0 Å². The lowest BCUT2D eigenvalue weighted by Gasteiger charge is -2.23. The van der Waals surface area contributed by atoms with Crippen LogP contribution in [0, 0.1) is 16.0 Å². The van der Waals surface area contributed by atoms with Gasteiger partial charge >= 0.3 is 0 Å². The van der Waals surface area contributed by atoms with E-state index in [0.29, 0.717) is 12.3 Å². The van der Waals surface area contributed by atoms with Gasteiger partial charge in [-0.25, -0.2) is 0 Å². The second-order valence-corrected chi connectivity index (χ2v) is 6.51. The minimum Gasteiger partial charge on any atom is -0.496 e. The highest BCUT2D eigenvalue weighted by molar-refractivity contribution is 5.98. The van der Waals surface area contributed by atoms with E-state index in [0.717, 1.165) is 25.7 Å². The molecule has 0 bridgehead atoms. The molecule has 1 aliphatic heterocycles. The van der Waals surface area contributed by atoms with Gasteiger partial charge in [0.05, 0.1) is 24.0 Å². The Labute approximate surface area is 145 Å². The number of methoxy groups -OCH3 is 1. The molecular formula is C17H21N3O5. The summed E-state index contributed by atoms with van der Waals surface area (Å²) in [5, 5.41) is 13.8. The molecule has 1 unspecified atom stereocenters. The van der Waals surface area contributed by atoms with Crippen LogP contribution in [0.3, 0.4) is 0 Å². The smallest absolute Gasteiger partial charge is 0.296 e. The Kier molecular flexibility index (Phi) is 4.87. The number of amides is 2. The van der Waals surface area contributed by atoms with E-state index in [-0.39, 0.29) is 35.7 Å². The Morgan fingerprint density at radius 3 is 2.72 bits per heavy atom. The van der Waals surface area contributed by atoms with Gasteiger partial charge in [-0.1, -0.05) is 12.8 Å². The summed E-state index contributed by atoms with van der Waals surface area (Å²) in [6, 6.07) is 4.49. The van der Waals surface area contributed by atoms with E-state index in [2.05, 4.69) is 5.32 Å². The number of ether oxygens (including phenoxy) is 1. The molecule has 134 valence electrons. The molecule has 3 rings (SSSR count). The quantitative estimate of drug-likeness (QED) is 0.650. The Hall–Kier alpha value is -2.64. The molecule has 2 amide bonds. The van der Waals surface area contributed by atoms with Gasteiger partial charge in [-0.3, -0.25) is 19.7 Å². The van der Waals surface area contributed by atoms with E-state index in [1.54, 1.807) is 11.0 Å². The predicted octanol–water partition coefficient (Wildman–Crippen LogP) is 2.33. The lowest BCUT2D eigenvalue weighted by atomic mass is 10.1. The Bertz CT molecular complexity index is 700. The van der Waals surface area contributed by atoms with E-state index >= 15 is 0 Å². The lowest BCUT2D eigenvalue weighted by Crippen LogP contribution is -2.35. The van der Waals surface area contributed by atoms with Crippen molar-refractivity contribution in [1.82, 2.24) is 4.90 Å². The first-order valence-corrected chi connectivity index (χ1v) is 8.42. The maximum atomic E-state index is 12.5. The highest BCUT2D eigenvalue weighted by Crippen LogP contribution is 2.32. The van der Waals surface area contributed by atoms with Gasteiger partial charge in [0.15, 0.2) is 0 Å². The molecule has 1 saturated heterocycles.